The van der Waals surface area contributed by atoms with E-state index in [4.69, 9.17) is 0 Å². The summed E-state index contributed by atoms with van der Waals surface area (Å²) in [6.07, 6.45) is 4.07. The van der Waals surface area contributed by atoms with Crippen molar-refractivity contribution in [2.45, 2.75) is 26.7 Å². The molecule has 1 aromatic heterocycles. The molecule has 1 saturated heterocycles. The normalized spacial score (nSPS) is 15.8. The number of rotatable bonds is 5. The number of carbonyl (C=O) groups is 1. The van der Waals surface area contributed by atoms with Gasteiger partial charge in [0.1, 0.15) is 0 Å². The third-order valence-corrected chi connectivity index (χ3v) is 4.79. The molecule has 0 aliphatic carbocycles. The van der Waals surface area contributed by atoms with E-state index in [1.54, 1.807) is 11.3 Å². The summed E-state index contributed by atoms with van der Waals surface area (Å²) in [5.41, 5.74) is 0. The highest BCUT2D eigenvalue weighted by Crippen LogP contribution is 2.18. The number of urea groups is 1. The van der Waals surface area contributed by atoms with E-state index in [2.05, 4.69) is 29.0 Å². The zero-order chi connectivity index (χ0) is 14.4. The van der Waals surface area contributed by atoms with E-state index in [-0.39, 0.29) is 6.03 Å². The molecule has 6 heteroatoms. The fourth-order valence-electron chi connectivity index (χ4n) is 2.39. The zero-order valence-corrected chi connectivity index (χ0v) is 13.2. The van der Waals surface area contributed by atoms with Crippen molar-refractivity contribution in [1.82, 2.24) is 15.2 Å². The molecule has 0 radical (unpaired) electrons. The SMILES string of the molecule is CCC(CC)CNC(=O)N1CCN(c2nccs2)CC1. The van der Waals surface area contributed by atoms with Gasteiger partial charge in [-0.05, 0) is 5.92 Å². The van der Waals surface area contributed by atoms with Gasteiger partial charge in [-0.15, -0.1) is 11.3 Å². The second-order valence-electron chi connectivity index (χ2n) is 5.16. The van der Waals surface area contributed by atoms with Gasteiger partial charge in [-0.3, -0.25) is 0 Å². The molecule has 1 fully saturated rings. The van der Waals surface area contributed by atoms with Crippen LogP contribution in [0, 0.1) is 5.92 Å². The summed E-state index contributed by atoms with van der Waals surface area (Å²) < 4.78 is 0. The minimum Gasteiger partial charge on any atom is -0.345 e. The van der Waals surface area contributed by atoms with E-state index < -0.39 is 0 Å². The van der Waals surface area contributed by atoms with Crippen molar-refractivity contribution in [3.8, 4) is 0 Å². The van der Waals surface area contributed by atoms with Gasteiger partial charge in [0.05, 0.1) is 0 Å². The van der Waals surface area contributed by atoms with Crippen LogP contribution < -0.4 is 10.2 Å². The number of aromatic nitrogens is 1. The first-order chi connectivity index (χ1) is 9.74. The zero-order valence-electron chi connectivity index (χ0n) is 12.3. The number of thiazole rings is 1. The monoisotopic (exact) mass is 296 g/mol. The maximum atomic E-state index is 12.1. The Morgan fingerprint density at radius 1 is 1.35 bits per heavy atom. The molecule has 1 aliphatic heterocycles. The second-order valence-corrected chi connectivity index (χ2v) is 6.03. The minimum atomic E-state index is 0.0793. The number of hydrogen-bond acceptors (Lipinski definition) is 4. The Labute approximate surface area is 125 Å². The Balaban J connectivity index is 1.74. The van der Waals surface area contributed by atoms with E-state index in [0.29, 0.717) is 5.92 Å². The molecule has 0 spiro atoms. The average Bonchev–Trinajstić information content (AvgIpc) is 3.02. The quantitative estimate of drug-likeness (QED) is 0.908. The van der Waals surface area contributed by atoms with E-state index in [0.717, 1.165) is 50.7 Å². The summed E-state index contributed by atoms with van der Waals surface area (Å²) in [6.45, 7) is 8.42. The topological polar surface area (TPSA) is 48.5 Å². The van der Waals surface area contributed by atoms with Crippen LogP contribution in [0.1, 0.15) is 26.7 Å². The summed E-state index contributed by atoms with van der Waals surface area (Å²) in [6, 6.07) is 0.0793. The fraction of sp³-hybridized carbons (Fsp3) is 0.714. The molecule has 0 bridgehead atoms. The molecular weight excluding hydrogens is 272 g/mol. The first-order valence-corrected chi connectivity index (χ1v) is 8.29. The Hall–Kier alpha value is -1.30. The van der Waals surface area contributed by atoms with Crippen molar-refractivity contribution >= 4 is 22.5 Å². The summed E-state index contributed by atoms with van der Waals surface area (Å²) in [7, 11) is 0. The van der Waals surface area contributed by atoms with Crippen molar-refractivity contribution in [1.29, 1.82) is 0 Å². The number of nitrogens with one attached hydrogen (secondary N) is 1. The van der Waals surface area contributed by atoms with E-state index >= 15 is 0 Å². The maximum absolute atomic E-state index is 12.1. The van der Waals surface area contributed by atoms with Gasteiger partial charge < -0.3 is 15.1 Å². The lowest BCUT2D eigenvalue weighted by Crippen LogP contribution is -2.52. The van der Waals surface area contributed by atoms with Crippen LogP contribution in [0.4, 0.5) is 9.93 Å². The number of piperazine rings is 1. The predicted molar refractivity (Wildman–Crippen MR) is 83.4 cm³/mol. The molecule has 20 heavy (non-hydrogen) atoms. The summed E-state index contributed by atoms with van der Waals surface area (Å²) in [5, 5.41) is 6.11. The molecule has 0 saturated carbocycles. The van der Waals surface area contributed by atoms with E-state index in [1.165, 1.54) is 0 Å². The Kier molecular flexibility index (Phi) is 5.64. The highest BCUT2D eigenvalue weighted by atomic mass is 32.1. The smallest absolute Gasteiger partial charge is 0.317 e. The molecule has 2 rings (SSSR count). The molecule has 0 aromatic carbocycles. The van der Waals surface area contributed by atoms with Crippen molar-refractivity contribution in [2.75, 3.05) is 37.6 Å². The lowest BCUT2D eigenvalue weighted by atomic mass is 10.0. The second kappa shape index (κ2) is 7.47. The van der Waals surface area contributed by atoms with Crippen LogP contribution in [-0.4, -0.2) is 48.6 Å². The number of carbonyl (C=O) groups excluding carboxylic acids is 1. The maximum Gasteiger partial charge on any atom is 0.317 e. The third-order valence-electron chi connectivity index (χ3n) is 3.95. The summed E-state index contributed by atoms with van der Waals surface area (Å²) >= 11 is 1.65. The highest BCUT2D eigenvalue weighted by molar-refractivity contribution is 7.13. The Bertz CT molecular complexity index is 397. The van der Waals surface area contributed by atoms with Crippen LogP contribution in [0.3, 0.4) is 0 Å². The van der Waals surface area contributed by atoms with Gasteiger partial charge in [0.2, 0.25) is 0 Å². The van der Waals surface area contributed by atoms with E-state index in [9.17, 15) is 4.79 Å². The van der Waals surface area contributed by atoms with Gasteiger partial charge in [0.25, 0.3) is 0 Å². The van der Waals surface area contributed by atoms with Gasteiger partial charge in [-0.1, -0.05) is 26.7 Å². The number of amides is 2. The van der Waals surface area contributed by atoms with Crippen LogP contribution in [0.2, 0.25) is 0 Å². The Morgan fingerprint density at radius 3 is 2.60 bits per heavy atom. The van der Waals surface area contributed by atoms with Crippen LogP contribution in [0.25, 0.3) is 0 Å². The average molecular weight is 296 g/mol. The molecule has 112 valence electrons. The number of nitrogens with zero attached hydrogens (tertiary/aromatic N) is 3. The molecule has 0 atom stereocenters. The largest absolute Gasteiger partial charge is 0.345 e. The first-order valence-electron chi connectivity index (χ1n) is 7.41. The van der Waals surface area contributed by atoms with Gasteiger partial charge in [0.15, 0.2) is 5.13 Å². The van der Waals surface area contributed by atoms with Gasteiger partial charge in [0, 0.05) is 44.3 Å². The standard InChI is InChI=1S/C14H24N4OS/c1-3-12(4-2)11-16-13(19)17-6-8-18(9-7-17)14-15-5-10-20-14/h5,10,12H,3-4,6-9,11H2,1-2H3,(H,16,19). The molecular formula is C14H24N4OS. The van der Waals surface area contributed by atoms with Crippen molar-refractivity contribution in [3.05, 3.63) is 11.6 Å². The molecule has 1 aliphatic rings. The molecule has 2 amide bonds. The minimum absolute atomic E-state index is 0.0793. The molecule has 2 heterocycles. The van der Waals surface area contributed by atoms with Crippen LogP contribution >= 0.6 is 11.3 Å². The summed E-state index contributed by atoms with van der Waals surface area (Å²) in [4.78, 5) is 20.6. The van der Waals surface area contributed by atoms with Crippen LogP contribution in [0.15, 0.2) is 11.6 Å². The Morgan fingerprint density at radius 2 is 2.05 bits per heavy atom. The first kappa shape index (κ1) is 15.1. The van der Waals surface area contributed by atoms with Crippen molar-refractivity contribution in [2.24, 2.45) is 5.92 Å². The summed E-state index contributed by atoms with van der Waals surface area (Å²) in [5.74, 6) is 0.593. The van der Waals surface area contributed by atoms with Gasteiger partial charge in [-0.2, -0.15) is 0 Å². The van der Waals surface area contributed by atoms with Gasteiger partial charge >= 0.3 is 6.03 Å². The number of hydrogen-bond donors (Lipinski definition) is 1. The van der Waals surface area contributed by atoms with E-state index in [1.807, 2.05) is 16.5 Å². The van der Waals surface area contributed by atoms with Crippen molar-refractivity contribution in [3.63, 3.8) is 0 Å². The lowest BCUT2D eigenvalue weighted by Gasteiger charge is -2.34. The molecule has 1 aromatic rings. The molecule has 5 nitrogen and oxygen atoms in total. The third kappa shape index (κ3) is 3.85. The number of anilines is 1. The van der Waals surface area contributed by atoms with Crippen LogP contribution in [0.5, 0.6) is 0 Å². The van der Waals surface area contributed by atoms with Gasteiger partial charge in [-0.25, -0.2) is 9.78 Å². The molecule has 1 N–H and O–H groups in total. The van der Waals surface area contributed by atoms with Crippen LogP contribution in [-0.2, 0) is 0 Å². The lowest BCUT2D eigenvalue weighted by molar-refractivity contribution is 0.192. The highest BCUT2D eigenvalue weighted by Gasteiger charge is 2.22. The molecule has 0 unspecified atom stereocenters. The van der Waals surface area contributed by atoms with Crippen molar-refractivity contribution < 1.29 is 4.79 Å². The predicted octanol–water partition coefficient (Wildman–Crippen LogP) is 2.41. The fourth-order valence-corrected chi connectivity index (χ4v) is 3.09.